The maximum absolute atomic E-state index is 13.7. The summed E-state index contributed by atoms with van der Waals surface area (Å²) in [5.41, 5.74) is 3.05. The summed E-state index contributed by atoms with van der Waals surface area (Å²) in [7, 11) is 0. The highest BCUT2D eigenvalue weighted by Crippen LogP contribution is 2.20. The third kappa shape index (κ3) is 2.99. The van der Waals surface area contributed by atoms with Crippen LogP contribution in [-0.2, 0) is 0 Å². The second kappa shape index (κ2) is 6.20. The summed E-state index contributed by atoms with van der Waals surface area (Å²) in [6.07, 6.45) is 3.67. The Hall–Kier alpha value is -3.47. The Kier molecular flexibility index (Phi) is 3.74. The third-order valence-electron chi connectivity index (χ3n) is 3.91. The lowest BCUT2D eigenvalue weighted by Crippen LogP contribution is -2.13. The number of nitrogens with zero attached hydrogens (tertiary/aromatic N) is 2. The fourth-order valence-corrected chi connectivity index (χ4v) is 2.63. The van der Waals surface area contributed by atoms with Gasteiger partial charge in [-0.15, -0.1) is 0 Å². The van der Waals surface area contributed by atoms with Crippen molar-refractivity contribution in [2.45, 2.75) is 0 Å². The van der Waals surface area contributed by atoms with Crippen molar-refractivity contribution in [1.29, 1.82) is 0 Å². The monoisotopic (exact) mass is 331 g/mol. The van der Waals surface area contributed by atoms with Crippen LogP contribution in [0.2, 0.25) is 0 Å². The summed E-state index contributed by atoms with van der Waals surface area (Å²) in [6.45, 7) is 0. The number of fused-ring (bicyclic) bond motifs is 1. The highest BCUT2D eigenvalue weighted by atomic mass is 19.1. The highest BCUT2D eigenvalue weighted by Gasteiger charge is 2.11. The molecule has 0 saturated carbocycles. The number of aromatic nitrogens is 2. The van der Waals surface area contributed by atoms with E-state index in [0.717, 1.165) is 11.3 Å². The van der Waals surface area contributed by atoms with Gasteiger partial charge in [-0.25, -0.2) is 9.37 Å². The van der Waals surface area contributed by atoms with E-state index >= 15 is 0 Å². The Morgan fingerprint density at radius 2 is 1.76 bits per heavy atom. The molecular formula is C20H14FN3O. The molecule has 0 radical (unpaired) electrons. The summed E-state index contributed by atoms with van der Waals surface area (Å²) in [5.74, 6) is -0.846. The number of benzene rings is 2. The summed E-state index contributed by atoms with van der Waals surface area (Å²) in [4.78, 5) is 16.9. The van der Waals surface area contributed by atoms with Crippen LogP contribution in [0.1, 0.15) is 10.4 Å². The van der Waals surface area contributed by atoms with Gasteiger partial charge >= 0.3 is 0 Å². The number of nitrogens with one attached hydrogen (secondary N) is 1. The molecule has 2 aromatic heterocycles. The van der Waals surface area contributed by atoms with Gasteiger partial charge in [0.2, 0.25) is 0 Å². The first-order valence-corrected chi connectivity index (χ1v) is 7.81. The second-order valence-corrected chi connectivity index (χ2v) is 5.61. The number of hydrogen-bond acceptors (Lipinski definition) is 2. The van der Waals surface area contributed by atoms with Crippen LogP contribution in [0.15, 0.2) is 79.1 Å². The molecule has 25 heavy (non-hydrogen) atoms. The number of hydrogen-bond donors (Lipinski definition) is 1. The van der Waals surface area contributed by atoms with Crippen molar-refractivity contribution in [3.63, 3.8) is 0 Å². The minimum Gasteiger partial charge on any atom is -0.319 e. The van der Waals surface area contributed by atoms with Gasteiger partial charge in [-0.1, -0.05) is 42.5 Å². The van der Waals surface area contributed by atoms with Crippen molar-refractivity contribution in [3.05, 3.63) is 90.5 Å². The average molecular weight is 331 g/mol. The van der Waals surface area contributed by atoms with Crippen molar-refractivity contribution >= 4 is 17.2 Å². The van der Waals surface area contributed by atoms with Gasteiger partial charge in [0.25, 0.3) is 5.91 Å². The third-order valence-corrected chi connectivity index (χ3v) is 3.91. The van der Waals surface area contributed by atoms with Crippen molar-refractivity contribution in [2.24, 2.45) is 0 Å². The summed E-state index contributed by atoms with van der Waals surface area (Å²) < 4.78 is 15.5. The maximum atomic E-state index is 13.7. The molecule has 1 amide bonds. The van der Waals surface area contributed by atoms with E-state index in [-0.39, 0.29) is 11.6 Å². The number of anilines is 1. The first kappa shape index (κ1) is 15.1. The molecule has 1 N–H and O–H groups in total. The smallest absolute Gasteiger partial charge is 0.255 e. The van der Waals surface area contributed by atoms with Gasteiger partial charge in [0.15, 0.2) is 0 Å². The quantitative estimate of drug-likeness (QED) is 0.605. The lowest BCUT2D eigenvalue weighted by Gasteiger charge is -2.06. The molecule has 0 aliphatic rings. The van der Waals surface area contributed by atoms with Crippen molar-refractivity contribution < 1.29 is 9.18 Å². The van der Waals surface area contributed by atoms with Gasteiger partial charge in [-0.2, -0.15) is 0 Å². The van der Waals surface area contributed by atoms with E-state index < -0.39 is 5.82 Å². The van der Waals surface area contributed by atoms with Crippen LogP contribution in [0, 0.1) is 5.82 Å². The van der Waals surface area contributed by atoms with Crippen molar-refractivity contribution in [3.8, 4) is 11.3 Å². The standard InChI is InChI=1S/C20H14FN3O/c21-16-8-4-5-9-17(16)23-20(25)15-10-11-24-13-18(22-19(24)12-15)14-6-2-1-3-7-14/h1-13H,(H,23,25). The Morgan fingerprint density at radius 1 is 1.00 bits per heavy atom. The van der Waals surface area contributed by atoms with E-state index in [4.69, 9.17) is 0 Å². The molecule has 4 aromatic rings. The minimum absolute atomic E-state index is 0.153. The molecule has 0 saturated heterocycles. The molecule has 0 atom stereocenters. The molecule has 0 fully saturated rings. The first-order valence-electron chi connectivity index (χ1n) is 7.81. The number of para-hydroxylation sites is 1. The number of amides is 1. The number of carbonyl (C=O) groups excluding carboxylic acids is 1. The number of pyridine rings is 1. The SMILES string of the molecule is O=C(Nc1ccccc1F)c1ccn2cc(-c3ccccc3)nc2c1. The molecule has 4 rings (SSSR count). The van der Waals surface area contributed by atoms with Crippen LogP contribution >= 0.6 is 0 Å². The van der Waals surface area contributed by atoms with Crippen LogP contribution < -0.4 is 5.32 Å². The van der Waals surface area contributed by atoms with Gasteiger partial charge in [-0.05, 0) is 24.3 Å². The Morgan fingerprint density at radius 3 is 2.56 bits per heavy atom. The predicted molar refractivity (Wildman–Crippen MR) is 95.0 cm³/mol. The normalized spacial score (nSPS) is 10.8. The minimum atomic E-state index is -0.468. The van der Waals surface area contributed by atoms with Gasteiger partial charge in [0.1, 0.15) is 11.5 Å². The average Bonchev–Trinajstić information content (AvgIpc) is 3.07. The lowest BCUT2D eigenvalue weighted by atomic mass is 10.2. The summed E-state index contributed by atoms with van der Waals surface area (Å²) >= 11 is 0. The molecule has 0 unspecified atom stereocenters. The van der Waals surface area contributed by atoms with E-state index in [1.807, 2.05) is 40.9 Å². The predicted octanol–water partition coefficient (Wildman–Crippen LogP) is 4.39. The van der Waals surface area contributed by atoms with Gasteiger partial charge < -0.3 is 9.72 Å². The molecule has 0 spiro atoms. The molecule has 2 heterocycles. The Bertz CT molecular complexity index is 1060. The zero-order chi connectivity index (χ0) is 17.2. The first-order chi connectivity index (χ1) is 12.2. The van der Waals surface area contributed by atoms with E-state index in [1.54, 1.807) is 30.5 Å². The zero-order valence-corrected chi connectivity index (χ0v) is 13.2. The number of carbonyl (C=O) groups is 1. The fourth-order valence-electron chi connectivity index (χ4n) is 2.63. The number of rotatable bonds is 3. The molecule has 0 aliphatic heterocycles. The molecular weight excluding hydrogens is 317 g/mol. The molecule has 2 aromatic carbocycles. The van der Waals surface area contributed by atoms with Crippen LogP contribution in [-0.4, -0.2) is 15.3 Å². The highest BCUT2D eigenvalue weighted by molar-refractivity contribution is 6.04. The zero-order valence-electron chi connectivity index (χ0n) is 13.2. The number of halogens is 1. The molecule has 0 aliphatic carbocycles. The molecule has 122 valence electrons. The summed E-state index contributed by atoms with van der Waals surface area (Å²) in [6, 6.07) is 19.2. The summed E-state index contributed by atoms with van der Waals surface area (Å²) in [5, 5.41) is 2.58. The van der Waals surface area contributed by atoms with Crippen molar-refractivity contribution in [2.75, 3.05) is 5.32 Å². The fraction of sp³-hybridized carbons (Fsp3) is 0. The molecule has 5 heteroatoms. The van der Waals surface area contributed by atoms with Crippen LogP contribution in [0.25, 0.3) is 16.9 Å². The lowest BCUT2D eigenvalue weighted by molar-refractivity contribution is 0.102. The Labute approximate surface area is 143 Å². The number of imidazole rings is 1. The second-order valence-electron chi connectivity index (χ2n) is 5.61. The van der Waals surface area contributed by atoms with E-state index in [1.165, 1.54) is 12.1 Å². The van der Waals surface area contributed by atoms with E-state index in [2.05, 4.69) is 10.3 Å². The maximum Gasteiger partial charge on any atom is 0.255 e. The molecule has 4 nitrogen and oxygen atoms in total. The van der Waals surface area contributed by atoms with Crippen LogP contribution in [0.5, 0.6) is 0 Å². The van der Waals surface area contributed by atoms with E-state index in [0.29, 0.717) is 11.2 Å². The molecule has 0 bridgehead atoms. The van der Waals surface area contributed by atoms with Crippen LogP contribution in [0.3, 0.4) is 0 Å². The van der Waals surface area contributed by atoms with E-state index in [9.17, 15) is 9.18 Å². The largest absolute Gasteiger partial charge is 0.319 e. The topological polar surface area (TPSA) is 46.4 Å². The Balaban J connectivity index is 1.65. The van der Waals surface area contributed by atoms with Gasteiger partial charge in [-0.3, -0.25) is 4.79 Å². The van der Waals surface area contributed by atoms with Gasteiger partial charge in [0.05, 0.1) is 11.4 Å². The van der Waals surface area contributed by atoms with Crippen LogP contribution in [0.4, 0.5) is 10.1 Å². The van der Waals surface area contributed by atoms with Crippen molar-refractivity contribution in [1.82, 2.24) is 9.38 Å². The van der Waals surface area contributed by atoms with Gasteiger partial charge in [0, 0.05) is 23.5 Å².